The van der Waals surface area contributed by atoms with Crippen molar-refractivity contribution in [3.8, 4) is 5.88 Å². The Bertz CT molecular complexity index is 1240. The molecule has 0 aliphatic heterocycles. The Morgan fingerprint density at radius 3 is 2.38 bits per heavy atom. The van der Waals surface area contributed by atoms with Gasteiger partial charge in [-0.15, -0.1) is 0 Å². The smallest absolute Gasteiger partial charge is 0.216 e. The summed E-state index contributed by atoms with van der Waals surface area (Å²) < 4.78 is 5.88. The van der Waals surface area contributed by atoms with E-state index in [-0.39, 0.29) is 11.8 Å². The molecule has 0 spiro atoms. The number of benzene rings is 3. The zero-order valence-corrected chi connectivity index (χ0v) is 20.4. The quantitative estimate of drug-likeness (QED) is 0.275. The van der Waals surface area contributed by atoms with Crippen molar-refractivity contribution < 1.29 is 4.74 Å². The second kappa shape index (κ2) is 9.99. The van der Waals surface area contributed by atoms with Crippen LogP contribution >= 0.6 is 0 Å². The summed E-state index contributed by atoms with van der Waals surface area (Å²) in [5, 5.41) is 2.62. The first-order valence-electron chi connectivity index (χ1n) is 12.4. The number of hydrogen-bond acceptors (Lipinski definition) is 3. The molecule has 34 heavy (non-hydrogen) atoms. The number of rotatable bonds is 9. The van der Waals surface area contributed by atoms with Crippen molar-refractivity contribution in [2.45, 2.75) is 37.0 Å². The average molecular weight is 451 g/mol. The highest BCUT2D eigenvalue weighted by Gasteiger charge is 2.32. The van der Waals surface area contributed by atoms with Crippen LogP contribution < -0.4 is 4.74 Å². The van der Waals surface area contributed by atoms with Gasteiger partial charge in [0, 0.05) is 17.7 Å². The molecular formula is C31H34N2O. The summed E-state index contributed by atoms with van der Waals surface area (Å²) in [6.07, 6.45) is 5.58. The molecule has 1 fully saturated rings. The Balaban J connectivity index is 1.73. The molecule has 1 saturated carbocycles. The van der Waals surface area contributed by atoms with Crippen molar-refractivity contribution in [3.63, 3.8) is 0 Å². The monoisotopic (exact) mass is 450 g/mol. The standard InChI is InChI=1S/C31H34N2O/c1-33(2)19-18-28(27-15-9-13-23-10-7-8-14-26(23)27)30(24-11-5-4-6-12-24)29-20-25(22-16-17-22)21-32-31(29)34-3/h4-15,20-22,28,30H,16-19H2,1-3H3. The maximum Gasteiger partial charge on any atom is 0.216 e. The average Bonchev–Trinajstić information content (AvgIpc) is 3.72. The van der Waals surface area contributed by atoms with E-state index < -0.39 is 0 Å². The maximum atomic E-state index is 5.88. The molecule has 2 unspecified atom stereocenters. The Labute approximate surface area is 203 Å². The fourth-order valence-electron chi connectivity index (χ4n) is 5.28. The van der Waals surface area contributed by atoms with Gasteiger partial charge in [0.25, 0.3) is 0 Å². The fraction of sp³-hybridized carbons (Fsp3) is 0.323. The van der Waals surface area contributed by atoms with Gasteiger partial charge < -0.3 is 9.64 Å². The summed E-state index contributed by atoms with van der Waals surface area (Å²) in [6.45, 7) is 1.01. The van der Waals surface area contributed by atoms with E-state index in [1.54, 1.807) is 7.11 Å². The van der Waals surface area contributed by atoms with Gasteiger partial charge >= 0.3 is 0 Å². The summed E-state index contributed by atoms with van der Waals surface area (Å²) in [5.74, 6) is 1.81. The first-order chi connectivity index (χ1) is 16.7. The third kappa shape index (κ3) is 4.71. The molecule has 5 rings (SSSR count). The number of hydrogen-bond donors (Lipinski definition) is 0. The predicted molar refractivity (Wildman–Crippen MR) is 141 cm³/mol. The number of aromatic nitrogens is 1. The summed E-state index contributed by atoms with van der Waals surface area (Å²) in [5.41, 5.74) is 5.26. The van der Waals surface area contributed by atoms with Gasteiger partial charge in [-0.05, 0) is 85.3 Å². The molecule has 3 aromatic carbocycles. The second-order valence-electron chi connectivity index (χ2n) is 9.80. The molecule has 1 aliphatic rings. The first-order valence-corrected chi connectivity index (χ1v) is 12.4. The summed E-state index contributed by atoms with van der Waals surface area (Å²) in [4.78, 5) is 7.09. The van der Waals surface area contributed by atoms with E-state index in [9.17, 15) is 0 Å². The van der Waals surface area contributed by atoms with E-state index in [2.05, 4.69) is 97.9 Å². The first kappa shape index (κ1) is 22.6. The molecule has 3 nitrogen and oxygen atoms in total. The van der Waals surface area contributed by atoms with Crippen LogP contribution in [0.15, 0.2) is 85.1 Å². The Morgan fingerprint density at radius 1 is 0.912 bits per heavy atom. The van der Waals surface area contributed by atoms with Crippen LogP contribution in [0.3, 0.4) is 0 Å². The van der Waals surface area contributed by atoms with Crippen LogP contribution in [-0.4, -0.2) is 37.6 Å². The number of fused-ring (bicyclic) bond motifs is 1. The SMILES string of the molecule is COc1ncc(C2CC2)cc1C(c1ccccc1)C(CCN(C)C)c1cccc2ccccc12. The molecule has 1 aliphatic carbocycles. The van der Waals surface area contributed by atoms with Gasteiger partial charge in [-0.3, -0.25) is 0 Å². The van der Waals surface area contributed by atoms with Crippen LogP contribution in [0.4, 0.5) is 0 Å². The summed E-state index contributed by atoms with van der Waals surface area (Å²) in [6, 6.07) is 28.8. The van der Waals surface area contributed by atoms with E-state index >= 15 is 0 Å². The molecule has 1 heterocycles. The van der Waals surface area contributed by atoms with Gasteiger partial charge in [-0.2, -0.15) is 0 Å². The van der Waals surface area contributed by atoms with Crippen LogP contribution in [0, 0.1) is 0 Å². The van der Waals surface area contributed by atoms with Gasteiger partial charge in [-0.25, -0.2) is 4.98 Å². The lowest BCUT2D eigenvalue weighted by molar-refractivity contribution is 0.362. The van der Waals surface area contributed by atoms with Crippen LogP contribution in [0.2, 0.25) is 0 Å². The lowest BCUT2D eigenvalue weighted by Crippen LogP contribution is -2.21. The van der Waals surface area contributed by atoms with Crippen molar-refractivity contribution in [2.75, 3.05) is 27.7 Å². The highest BCUT2D eigenvalue weighted by atomic mass is 16.5. The summed E-state index contributed by atoms with van der Waals surface area (Å²) >= 11 is 0. The van der Waals surface area contributed by atoms with Gasteiger partial charge in [-0.1, -0.05) is 72.8 Å². The number of ether oxygens (including phenoxy) is 1. The minimum atomic E-state index is 0.146. The van der Waals surface area contributed by atoms with E-state index in [1.807, 2.05) is 6.20 Å². The van der Waals surface area contributed by atoms with E-state index in [4.69, 9.17) is 9.72 Å². The Kier molecular flexibility index (Phi) is 6.64. The highest BCUT2D eigenvalue weighted by Crippen LogP contribution is 2.47. The molecule has 0 amide bonds. The number of pyridine rings is 1. The molecule has 3 heteroatoms. The summed E-state index contributed by atoms with van der Waals surface area (Å²) in [7, 11) is 6.07. The van der Waals surface area contributed by atoms with Crippen LogP contribution in [0.1, 0.15) is 59.3 Å². The minimum absolute atomic E-state index is 0.146. The van der Waals surface area contributed by atoms with E-state index in [0.717, 1.165) is 18.8 Å². The van der Waals surface area contributed by atoms with E-state index in [1.165, 1.54) is 45.9 Å². The molecule has 0 bridgehead atoms. The maximum absolute atomic E-state index is 5.88. The highest BCUT2D eigenvalue weighted by molar-refractivity contribution is 5.86. The van der Waals surface area contributed by atoms with Crippen molar-refractivity contribution in [1.29, 1.82) is 0 Å². The van der Waals surface area contributed by atoms with Crippen molar-refractivity contribution in [2.24, 2.45) is 0 Å². The zero-order valence-electron chi connectivity index (χ0n) is 20.4. The second-order valence-corrected chi connectivity index (χ2v) is 9.80. The van der Waals surface area contributed by atoms with Gasteiger partial charge in [0.15, 0.2) is 0 Å². The third-order valence-electron chi connectivity index (χ3n) is 7.15. The molecule has 2 atom stereocenters. The molecule has 1 aromatic heterocycles. The zero-order chi connectivity index (χ0) is 23.5. The molecule has 0 saturated heterocycles. The van der Waals surface area contributed by atoms with Gasteiger partial charge in [0.05, 0.1) is 7.11 Å². The lowest BCUT2D eigenvalue weighted by atomic mass is 9.74. The van der Waals surface area contributed by atoms with Gasteiger partial charge in [0.1, 0.15) is 0 Å². The van der Waals surface area contributed by atoms with Crippen molar-refractivity contribution >= 4 is 10.8 Å². The van der Waals surface area contributed by atoms with Crippen LogP contribution in [0.25, 0.3) is 10.8 Å². The van der Waals surface area contributed by atoms with Crippen molar-refractivity contribution in [3.05, 3.63) is 107 Å². The predicted octanol–water partition coefficient (Wildman–Crippen LogP) is 6.99. The molecule has 4 aromatic rings. The number of methoxy groups -OCH3 is 1. The molecular weight excluding hydrogens is 416 g/mol. The lowest BCUT2D eigenvalue weighted by Gasteiger charge is -2.31. The van der Waals surface area contributed by atoms with E-state index in [0.29, 0.717) is 5.92 Å². The Morgan fingerprint density at radius 2 is 1.65 bits per heavy atom. The third-order valence-corrected chi connectivity index (χ3v) is 7.15. The van der Waals surface area contributed by atoms with Crippen LogP contribution in [0.5, 0.6) is 5.88 Å². The number of nitrogens with zero attached hydrogens (tertiary/aromatic N) is 2. The molecule has 0 radical (unpaired) electrons. The van der Waals surface area contributed by atoms with Gasteiger partial charge in [0.2, 0.25) is 5.88 Å². The van der Waals surface area contributed by atoms with Crippen molar-refractivity contribution in [1.82, 2.24) is 9.88 Å². The largest absolute Gasteiger partial charge is 0.481 e. The molecule has 174 valence electrons. The van der Waals surface area contributed by atoms with Crippen LogP contribution in [-0.2, 0) is 0 Å². The minimum Gasteiger partial charge on any atom is -0.481 e. The topological polar surface area (TPSA) is 25.4 Å². The fourth-order valence-corrected chi connectivity index (χ4v) is 5.28. The normalized spacial score (nSPS) is 15.4. The molecule has 0 N–H and O–H groups in total. The Hall–Kier alpha value is -3.17.